The van der Waals surface area contributed by atoms with Gasteiger partial charge in [0.15, 0.2) is 0 Å². The van der Waals surface area contributed by atoms with Crippen LogP contribution in [0.3, 0.4) is 0 Å². The van der Waals surface area contributed by atoms with E-state index in [1.807, 2.05) is 26.0 Å². The van der Waals surface area contributed by atoms with E-state index in [-0.39, 0.29) is 30.5 Å². The van der Waals surface area contributed by atoms with Crippen LogP contribution in [0.4, 0.5) is 0 Å². The maximum absolute atomic E-state index is 11.7. The van der Waals surface area contributed by atoms with Gasteiger partial charge in [0, 0.05) is 5.92 Å². The minimum absolute atomic E-state index is 0.00933. The Kier molecular flexibility index (Phi) is 4.42. The quantitative estimate of drug-likeness (QED) is 0.558. The van der Waals surface area contributed by atoms with Gasteiger partial charge in [0.2, 0.25) is 0 Å². The molecule has 1 heterocycles. The summed E-state index contributed by atoms with van der Waals surface area (Å²) in [6, 6.07) is 0. The third-order valence-electron chi connectivity index (χ3n) is 4.24. The van der Waals surface area contributed by atoms with Gasteiger partial charge in [0.1, 0.15) is 6.10 Å². The number of aliphatic hydroxyl groups is 2. The van der Waals surface area contributed by atoms with Crippen LogP contribution in [0.25, 0.3) is 0 Å². The molecule has 2 N–H and O–H groups in total. The highest BCUT2D eigenvalue weighted by molar-refractivity contribution is 5.75. The SMILES string of the molecule is C/C1=C\CC/C(CO)=C/[C@H]2OC(=O)[C@@H](C)[C@@H]2C[C@H]1O. The number of hydrogen-bond acceptors (Lipinski definition) is 4. The fourth-order valence-corrected chi connectivity index (χ4v) is 2.80. The van der Waals surface area contributed by atoms with Gasteiger partial charge in [0.05, 0.1) is 18.6 Å². The molecular weight excluding hydrogens is 244 g/mol. The molecule has 4 nitrogen and oxygen atoms in total. The predicted molar refractivity (Wildman–Crippen MR) is 71.3 cm³/mol. The van der Waals surface area contributed by atoms with Crippen LogP contribution in [0.2, 0.25) is 0 Å². The van der Waals surface area contributed by atoms with Crippen molar-refractivity contribution in [3.63, 3.8) is 0 Å². The number of aliphatic hydroxyl groups excluding tert-OH is 2. The summed E-state index contributed by atoms with van der Waals surface area (Å²) in [4.78, 5) is 11.7. The van der Waals surface area contributed by atoms with Crippen molar-refractivity contribution in [3.8, 4) is 0 Å². The maximum atomic E-state index is 11.7. The van der Waals surface area contributed by atoms with Crippen molar-refractivity contribution < 1.29 is 19.7 Å². The number of hydrogen-bond donors (Lipinski definition) is 2. The van der Waals surface area contributed by atoms with Crippen LogP contribution in [-0.2, 0) is 9.53 Å². The Bertz CT molecular complexity index is 410. The molecule has 0 bridgehead atoms. The number of allylic oxidation sites excluding steroid dienone is 1. The van der Waals surface area contributed by atoms with Crippen LogP contribution in [-0.4, -0.2) is 35.0 Å². The zero-order valence-corrected chi connectivity index (χ0v) is 11.5. The zero-order valence-electron chi connectivity index (χ0n) is 11.5. The number of carbonyl (C=O) groups is 1. The van der Waals surface area contributed by atoms with Gasteiger partial charge in [-0.15, -0.1) is 0 Å². The minimum atomic E-state index is -0.520. The molecule has 106 valence electrons. The molecule has 0 saturated carbocycles. The average Bonchev–Trinajstić information content (AvgIpc) is 2.64. The summed E-state index contributed by atoms with van der Waals surface area (Å²) in [7, 11) is 0. The molecule has 19 heavy (non-hydrogen) atoms. The number of ether oxygens (including phenoxy) is 1. The summed E-state index contributed by atoms with van der Waals surface area (Å²) in [6.07, 6.45) is 5.09. The van der Waals surface area contributed by atoms with Crippen molar-refractivity contribution in [1.29, 1.82) is 0 Å². The van der Waals surface area contributed by atoms with Crippen LogP contribution in [0.15, 0.2) is 23.3 Å². The van der Waals surface area contributed by atoms with Gasteiger partial charge in [-0.3, -0.25) is 4.79 Å². The molecule has 0 radical (unpaired) electrons. The molecule has 1 aliphatic carbocycles. The highest BCUT2D eigenvalue weighted by Crippen LogP contribution is 2.35. The van der Waals surface area contributed by atoms with Crippen molar-refractivity contribution in [3.05, 3.63) is 23.3 Å². The Morgan fingerprint density at radius 3 is 2.89 bits per heavy atom. The molecule has 0 spiro atoms. The van der Waals surface area contributed by atoms with Gasteiger partial charge >= 0.3 is 5.97 Å². The van der Waals surface area contributed by atoms with E-state index in [1.54, 1.807) is 0 Å². The van der Waals surface area contributed by atoms with Gasteiger partial charge in [-0.2, -0.15) is 0 Å². The Hall–Kier alpha value is -1.13. The van der Waals surface area contributed by atoms with Crippen molar-refractivity contribution >= 4 is 5.97 Å². The smallest absolute Gasteiger partial charge is 0.309 e. The van der Waals surface area contributed by atoms with Crippen molar-refractivity contribution in [1.82, 2.24) is 0 Å². The first-order chi connectivity index (χ1) is 9.02. The van der Waals surface area contributed by atoms with E-state index in [0.717, 1.165) is 24.0 Å². The third-order valence-corrected chi connectivity index (χ3v) is 4.24. The molecule has 0 amide bonds. The number of fused-ring (bicyclic) bond motifs is 1. The Morgan fingerprint density at radius 1 is 1.47 bits per heavy atom. The van der Waals surface area contributed by atoms with Crippen LogP contribution in [0.1, 0.15) is 33.1 Å². The average molecular weight is 266 g/mol. The van der Waals surface area contributed by atoms with Crippen molar-refractivity contribution in [2.24, 2.45) is 11.8 Å². The fraction of sp³-hybridized carbons (Fsp3) is 0.667. The highest BCUT2D eigenvalue weighted by atomic mass is 16.6. The highest BCUT2D eigenvalue weighted by Gasteiger charge is 2.41. The van der Waals surface area contributed by atoms with E-state index < -0.39 is 6.10 Å². The van der Waals surface area contributed by atoms with Gasteiger partial charge < -0.3 is 14.9 Å². The summed E-state index contributed by atoms with van der Waals surface area (Å²) in [5.41, 5.74) is 1.84. The summed E-state index contributed by atoms with van der Waals surface area (Å²) in [5.74, 6) is -0.440. The molecule has 1 aliphatic heterocycles. The fourth-order valence-electron chi connectivity index (χ4n) is 2.80. The monoisotopic (exact) mass is 266 g/mol. The Labute approximate surface area is 113 Å². The van der Waals surface area contributed by atoms with E-state index in [4.69, 9.17) is 4.74 Å². The number of carbonyl (C=O) groups excluding carboxylic acids is 1. The molecule has 1 fully saturated rings. The molecular formula is C15H22O4. The normalized spacial score (nSPS) is 41.6. The lowest BCUT2D eigenvalue weighted by molar-refractivity contribution is -0.142. The van der Waals surface area contributed by atoms with Gasteiger partial charge in [-0.25, -0.2) is 0 Å². The van der Waals surface area contributed by atoms with E-state index in [0.29, 0.717) is 6.42 Å². The molecule has 2 aliphatic rings. The molecule has 4 atom stereocenters. The molecule has 0 aromatic carbocycles. The summed E-state index contributed by atoms with van der Waals surface area (Å²) < 4.78 is 5.37. The maximum Gasteiger partial charge on any atom is 0.309 e. The summed E-state index contributed by atoms with van der Waals surface area (Å²) >= 11 is 0. The molecule has 0 aromatic heterocycles. The van der Waals surface area contributed by atoms with E-state index in [2.05, 4.69) is 0 Å². The first-order valence-electron chi connectivity index (χ1n) is 6.88. The Morgan fingerprint density at radius 2 is 2.21 bits per heavy atom. The minimum Gasteiger partial charge on any atom is -0.458 e. The third kappa shape index (κ3) is 3.07. The second-order valence-corrected chi connectivity index (χ2v) is 5.58. The second kappa shape index (κ2) is 5.88. The lowest BCUT2D eigenvalue weighted by Gasteiger charge is -2.23. The standard InChI is InChI=1S/C15H22O4/c1-9-4-3-5-11(8-16)6-14-12(7-13(9)17)10(2)15(18)19-14/h4,6,10,12-14,16-17H,3,5,7-8H2,1-2H3/b9-4+,11-6-/t10-,12-,13+,14+/m0/s1. The van der Waals surface area contributed by atoms with Crippen LogP contribution < -0.4 is 0 Å². The topological polar surface area (TPSA) is 66.8 Å². The molecule has 0 aromatic rings. The van der Waals surface area contributed by atoms with Crippen LogP contribution in [0.5, 0.6) is 0 Å². The molecule has 2 rings (SSSR count). The van der Waals surface area contributed by atoms with Gasteiger partial charge in [0.25, 0.3) is 0 Å². The molecule has 1 saturated heterocycles. The van der Waals surface area contributed by atoms with Gasteiger partial charge in [-0.1, -0.05) is 13.0 Å². The first kappa shape index (κ1) is 14.3. The molecule has 0 unspecified atom stereocenters. The van der Waals surface area contributed by atoms with Gasteiger partial charge in [-0.05, 0) is 43.4 Å². The van der Waals surface area contributed by atoms with Crippen LogP contribution in [0, 0.1) is 11.8 Å². The van der Waals surface area contributed by atoms with E-state index >= 15 is 0 Å². The Balaban J connectivity index is 2.29. The van der Waals surface area contributed by atoms with E-state index in [9.17, 15) is 15.0 Å². The zero-order chi connectivity index (χ0) is 14.0. The lowest BCUT2D eigenvalue weighted by Crippen LogP contribution is -2.25. The lowest BCUT2D eigenvalue weighted by atomic mass is 9.83. The predicted octanol–water partition coefficient (Wildman–Crippen LogP) is 1.57. The summed E-state index contributed by atoms with van der Waals surface area (Å²) in [6.45, 7) is 3.74. The second-order valence-electron chi connectivity index (χ2n) is 5.58. The van der Waals surface area contributed by atoms with E-state index in [1.165, 1.54) is 0 Å². The molecule has 4 heteroatoms. The van der Waals surface area contributed by atoms with Crippen molar-refractivity contribution in [2.75, 3.05) is 6.61 Å². The largest absolute Gasteiger partial charge is 0.458 e. The van der Waals surface area contributed by atoms with Crippen molar-refractivity contribution in [2.45, 2.75) is 45.3 Å². The van der Waals surface area contributed by atoms with Crippen LogP contribution >= 0.6 is 0 Å². The first-order valence-corrected chi connectivity index (χ1v) is 6.88. The number of rotatable bonds is 1. The summed E-state index contributed by atoms with van der Waals surface area (Å²) in [5, 5.41) is 19.5. The number of esters is 1.